The minimum Gasteiger partial charge on any atom is -0.354 e. The van der Waals surface area contributed by atoms with Crippen LogP contribution in [-0.4, -0.2) is 40.9 Å². The number of hydrogen-bond acceptors (Lipinski definition) is 5. The zero-order valence-electron chi connectivity index (χ0n) is 17.4. The van der Waals surface area contributed by atoms with Crippen LogP contribution in [0.25, 0.3) is 27.9 Å². The van der Waals surface area contributed by atoms with Crippen molar-refractivity contribution in [3.8, 4) is 16.9 Å². The van der Waals surface area contributed by atoms with Crippen molar-refractivity contribution in [1.82, 2.24) is 19.0 Å². The Morgan fingerprint density at radius 3 is 2.50 bits per heavy atom. The zero-order chi connectivity index (χ0) is 24.4. The van der Waals surface area contributed by atoms with Gasteiger partial charge < -0.3 is 4.52 Å². The number of rotatable bonds is 4. The molecule has 1 N–H and O–H groups in total. The van der Waals surface area contributed by atoms with Gasteiger partial charge in [0.2, 0.25) is 10.0 Å². The number of hydrogen-bond donors (Lipinski definition) is 1. The van der Waals surface area contributed by atoms with Crippen LogP contribution in [0.4, 0.5) is 17.6 Å². The molecule has 2 aromatic heterocycles. The van der Waals surface area contributed by atoms with E-state index in [1.807, 2.05) is 4.72 Å². The van der Waals surface area contributed by atoms with Gasteiger partial charge in [-0.1, -0.05) is 23.4 Å². The lowest BCUT2D eigenvalue weighted by molar-refractivity contribution is -0.0467. The number of halogens is 4. The van der Waals surface area contributed by atoms with Gasteiger partial charge in [-0.2, -0.15) is 0 Å². The first-order chi connectivity index (χ1) is 16.0. The molecule has 0 amide bonds. The molecule has 2 aromatic carbocycles. The fourth-order valence-corrected chi connectivity index (χ4v) is 4.95. The van der Waals surface area contributed by atoms with E-state index in [0.717, 1.165) is 33.7 Å². The van der Waals surface area contributed by atoms with Crippen molar-refractivity contribution < 1.29 is 30.5 Å². The Labute approximate surface area is 189 Å². The molecular weight excluding hydrogens is 480 g/mol. The van der Waals surface area contributed by atoms with Crippen LogP contribution in [0.1, 0.15) is 5.69 Å². The number of benzene rings is 2. The van der Waals surface area contributed by atoms with Gasteiger partial charge in [0.05, 0.1) is 23.6 Å². The van der Waals surface area contributed by atoms with E-state index in [1.165, 1.54) is 24.3 Å². The van der Waals surface area contributed by atoms with Crippen LogP contribution >= 0.6 is 0 Å². The molecule has 13 heteroatoms. The van der Waals surface area contributed by atoms with E-state index in [9.17, 15) is 30.8 Å². The summed E-state index contributed by atoms with van der Waals surface area (Å²) in [5, 5.41) is 3.97. The Kier molecular flexibility index (Phi) is 4.95. The second-order valence-electron chi connectivity index (χ2n) is 8.05. The van der Waals surface area contributed by atoms with Crippen LogP contribution in [0.15, 0.2) is 51.9 Å². The highest BCUT2D eigenvalue weighted by Crippen LogP contribution is 2.36. The van der Waals surface area contributed by atoms with Crippen LogP contribution in [-0.2, 0) is 23.0 Å². The highest BCUT2D eigenvalue weighted by Gasteiger charge is 2.46. The number of alkyl halides is 2. The average Bonchev–Trinajstić information content (AvgIpc) is 3.28. The van der Waals surface area contributed by atoms with Gasteiger partial charge in [-0.3, -0.25) is 4.57 Å². The van der Waals surface area contributed by atoms with E-state index in [-0.39, 0.29) is 33.6 Å². The smallest absolute Gasteiger partial charge is 0.334 e. The number of fused-ring (bicyclic) bond motifs is 2. The molecule has 0 spiro atoms. The maximum absolute atomic E-state index is 14.6. The number of imidazole rings is 1. The molecule has 5 rings (SSSR count). The van der Waals surface area contributed by atoms with E-state index in [2.05, 4.69) is 5.16 Å². The summed E-state index contributed by atoms with van der Waals surface area (Å²) in [6, 6.07) is 5.92. The van der Waals surface area contributed by atoms with Gasteiger partial charge in [0.15, 0.2) is 11.4 Å². The fourth-order valence-electron chi connectivity index (χ4n) is 4.18. The minimum atomic E-state index is -3.97. The molecule has 0 bridgehead atoms. The van der Waals surface area contributed by atoms with E-state index in [0.29, 0.717) is 0 Å². The zero-order valence-corrected chi connectivity index (χ0v) is 18.2. The molecule has 1 atom stereocenters. The minimum absolute atomic E-state index is 0.0578. The van der Waals surface area contributed by atoms with Crippen LogP contribution in [0, 0.1) is 11.6 Å². The third kappa shape index (κ3) is 3.60. The second kappa shape index (κ2) is 7.53. The maximum atomic E-state index is 14.6. The van der Waals surface area contributed by atoms with E-state index in [1.54, 1.807) is 0 Å². The average molecular weight is 496 g/mol. The number of nitrogens with one attached hydrogen (secondary N) is 1. The van der Waals surface area contributed by atoms with Crippen molar-refractivity contribution in [1.29, 1.82) is 0 Å². The van der Waals surface area contributed by atoms with Crippen molar-refractivity contribution in [3.63, 3.8) is 0 Å². The van der Waals surface area contributed by atoms with Gasteiger partial charge in [0, 0.05) is 24.0 Å². The van der Waals surface area contributed by atoms with Gasteiger partial charge in [0.1, 0.15) is 17.7 Å². The van der Waals surface area contributed by atoms with Crippen LogP contribution in [0.5, 0.6) is 0 Å². The van der Waals surface area contributed by atoms with Gasteiger partial charge in [-0.15, -0.1) is 0 Å². The molecule has 1 aliphatic heterocycles. The molecule has 34 heavy (non-hydrogen) atoms. The standard InChI is InChI=1S/C21H16F4N4O4S/c1-34(31,32)27-16-10-28-11(8-21(16,24)25)9-29(20(28)30)19-18-12(4-2-7-15(18)33-26-19)17-13(22)5-3-6-14(17)23/h2-7,9,16,27H,8,10H2,1H3. The van der Waals surface area contributed by atoms with Crippen LogP contribution < -0.4 is 10.4 Å². The molecule has 3 heterocycles. The first-order valence-electron chi connectivity index (χ1n) is 9.95. The molecule has 178 valence electrons. The summed E-state index contributed by atoms with van der Waals surface area (Å²) in [5.41, 5.74) is -1.04. The summed E-state index contributed by atoms with van der Waals surface area (Å²) in [6.07, 6.45) is 0.975. The summed E-state index contributed by atoms with van der Waals surface area (Å²) < 4.78 is 90.4. The number of aromatic nitrogens is 3. The molecule has 0 saturated carbocycles. The molecule has 8 nitrogen and oxygen atoms in total. The Hall–Kier alpha value is -3.45. The molecule has 0 saturated heterocycles. The molecular formula is C21H16F4N4O4S. The van der Waals surface area contributed by atoms with Crippen molar-refractivity contribution >= 4 is 21.0 Å². The first kappa shape index (κ1) is 22.3. The Morgan fingerprint density at radius 2 is 1.82 bits per heavy atom. The predicted octanol–water partition coefficient (Wildman–Crippen LogP) is 2.83. The van der Waals surface area contributed by atoms with Crippen molar-refractivity contribution in [2.24, 2.45) is 0 Å². The highest BCUT2D eigenvalue weighted by molar-refractivity contribution is 7.88. The Morgan fingerprint density at radius 1 is 1.15 bits per heavy atom. The predicted molar refractivity (Wildman–Crippen MR) is 113 cm³/mol. The van der Waals surface area contributed by atoms with Crippen molar-refractivity contribution in [2.75, 3.05) is 6.26 Å². The largest absolute Gasteiger partial charge is 0.354 e. The van der Waals surface area contributed by atoms with Gasteiger partial charge in [-0.25, -0.2) is 40.1 Å². The molecule has 1 unspecified atom stereocenters. The summed E-state index contributed by atoms with van der Waals surface area (Å²) in [7, 11) is -3.97. The topological polar surface area (TPSA) is 99.1 Å². The Balaban J connectivity index is 1.69. The molecule has 0 radical (unpaired) electrons. The monoisotopic (exact) mass is 496 g/mol. The third-order valence-electron chi connectivity index (χ3n) is 5.65. The summed E-state index contributed by atoms with van der Waals surface area (Å²) >= 11 is 0. The van der Waals surface area contributed by atoms with Gasteiger partial charge in [0.25, 0.3) is 5.92 Å². The third-order valence-corrected chi connectivity index (χ3v) is 6.36. The number of nitrogens with zero attached hydrogens (tertiary/aromatic N) is 3. The summed E-state index contributed by atoms with van der Waals surface area (Å²) in [5.74, 6) is -5.30. The van der Waals surface area contributed by atoms with E-state index >= 15 is 0 Å². The van der Waals surface area contributed by atoms with Gasteiger partial charge >= 0.3 is 5.69 Å². The lowest BCUT2D eigenvalue weighted by Gasteiger charge is -2.31. The molecule has 0 fully saturated rings. The van der Waals surface area contributed by atoms with Crippen molar-refractivity contribution in [3.05, 3.63) is 70.4 Å². The van der Waals surface area contributed by atoms with Crippen molar-refractivity contribution in [2.45, 2.75) is 24.9 Å². The lowest BCUT2D eigenvalue weighted by atomic mass is 10.0. The maximum Gasteiger partial charge on any atom is 0.334 e. The Bertz CT molecular complexity index is 1590. The molecule has 1 aliphatic rings. The van der Waals surface area contributed by atoms with E-state index in [4.69, 9.17) is 4.52 Å². The van der Waals surface area contributed by atoms with Crippen LogP contribution in [0.3, 0.4) is 0 Å². The SMILES string of the molecule is CS(=O)(=O)NC1Cn2c(cn(-c3noc4cccc(-c5c(F)cccc5F)c34)c2=O)CC1(F)F. The fraction of sp³-hybridized carbons (Fsp3) is 0.238. The van der Waals surface area contributed by atoms with Crippen LogP contribution in [0.2, 0.25) is 0 Å². The normalized spacial score (nSPS) is 17.7. The number of sulfonamides is 1. The first-order valence-corrected chi connectivity index (χ1v) is 11.8. The van der Waals surface area contributed by atoms with Gasteiger partial charge in [-0.05, 0) is 18.2 Å². The van der Waals surface area contributed by atoms with E-state index < -0.39 is 52.3 Å². The highest BCUT2D eigenvalue weighted by atomic mass is 32.2. The quantitative estimate of drug-likeness (QED) is 0.438. The summed E-state index contributed by atoms with van der Waals surface area (Å²) in [4.78, 5) is 13.1. The lowest BCUT2D eigenvalue weighted by Crippen LogP contribution is -2.55. The molecule has 4 aromatic rings. The summed E-state index contributed by atoms with van der Waals surface area (Å²) in [6.45, 7) is -0.619. The second-order valence-corrected chi connectivity index (χ2v) is 9.83. The molecule has 0 aliphatic carbocycles.